The molecule has 3 unspecified atom stereocenters. The summed E-state index contributed by atoms with van der Waals surface area (Å²) in [5.74, 6) is -1.43. The van der Waals surface area contributed by atoms with E-state index >= 15 is 0 Å². The van der Waals surface area contributed by atoms with Crippen LogP contribution in [0.15, 0.2) is 0 Å². The molecule has 1 aliphatic heterocycles. The molecule has 0 radical (unpaired) electrons. The van der Waals surface area contributed by atoms with Crippen molar-refractivity contribution < 1.29 is 18.3 Å². The quantitative estimate of drug-likeness (QED) is 0.768. The second-order valence-electron chi connectivity index (χ2n) is 4.57. The molecule has 0 aromatic heterocycles. The summed E-state index contributed by atoms with van der Waals surface area (Å²) in [6, 6.07) is 0. The molecule has 1 aliphatic rings. The fraction of sp³-hybridized carbons (Fsp3) is 1.00. The van der Waals surface area contributed by atoms with Gasteiger partial charge in [0, 0.05) is 26.2 Å². The van der Waals surface area contributed by atoms with Crippen LogP contribution in [0.4, 0.5) is 13.2 Å². The van der Waals surface area contributed by atoms with Crippen molar-refractivity contribution in [3.05, 3.63) is 0 Å². The van der Waals surface area contributed by atoms with Gasteiger partial charge >= 0.3 is 6.18 Å². The maximum Gasteiger partial charge on any atom is 0.394 e. The molecule has 1 saturated heterocycles. The van der Waals surface area contributed by atoms with Crippen molar-refractivity contribution in [2.75, 3.05) is 26.2 Å². The Hall–Kier alpha value is -0.330. The third-order valence-electron chi connectivity index (χ3n) is 3.17. The summed E-state index contributed by atoms with van der Waals surface area (Å²) in [7, 11) is 0. The van der Waals surface area contributed by atoms with Gasteiger partial charge in [-0.2, -0.15) is 13.2 Å². The molecular formula is C10H19F3N2O. The molecule has 1 rings (SSSR count). The lowest BCUT2D eigenvalue weighted by Crippen LogP contribution is -2.47. The maximum atomic E-state index is 12.5. The SMILES string of the molecule is CC1CN(CC(CN)C(F)(F)F)CCC1O. The van der Waals surface area contributed by atoms with E-state index in [9.17, 15) is 18.3 Å². The number of likely N-dealkylation sites (tertiary alicyclic amines) is 1. The monoisotopic (exact) mass is 240 g/mol. The number of hydrogen-bond acceptors (Lipinski definition) is 3. The highest BCUT2D eigenvalue weighted by Gasteiger charge is 2.40. The molecule has 16 heavy (non-hydrogen) atoms. The number of aliphatic hydroxyl groups excluding tert-OH is 1. The van der Waals surface area contributed by atoms with Gasteiger partial charge in [0.25, 0.3) is 0 Å². The van der Waals surface area contributed by atoms with Gasteiger partial charge in [0.05, 0.1) is 12.0 Å². The van der Waals surface area contributed by atoms with E-state index in [1.165, 1.54) is 0 Å². The summed E-state index contributed by atoms with van der Waals surface area (Å²) in [6.07, 6.45) is -4.08. The van der Waals surface area contributed by atoms with Gasteiger partial charge in [0.1, 0.15) is 0 Å². The lowest BCUT2D eigenvalue weighted by molar-refractivity contribution is -0.178. The van der Waals surface area contributed by atoms with Crippen LogP contribution in [0.5, 0.6) is 0 Å². The molecule has 0 spiro atoms. The topological polar surface area (TPSA) is 49.5 Å². The summed E-state index contributed by atoms with van der Waals surface area (Å²) in [6.45, 7) is 2.43. The van der Waals surface area contributed by atoms with Crippen LogP contribution in [-0.2, 0) is 0 Å². The summed E-state index contributed by atoms with van der Waals surface area (Å²) in [5, 5.41) is 9.47. The van der Waals surface area contributed by atoms with E-state index in [1.807, 2.05) is 6.92 Å². The van der Waals surface area contributed by atoms with Gasteiger partial charge in [-0.25, -0.2) is 0 Å². The molecule has 0 amide bonds. The highest BCUT2D eigenvalue weighted by atomic mass is 19.4. The first kappa shape index (κ1) is 13.7. The molecule has 3 atom stereocenters. The number of nitrogens with zero attached hydrogens (tertiary/aromatic N) is 1. The Bertz CT molecular complexity index is 223. The van der Waals surface area contributed by atoms with Crippen LogP contribution in [-0.4, -0.2) is 48.5 Å². The predicted octanol–water partition coefficient (Wildman–Crippen LogP) is 0.826. The van der Waals surface area contributed by atoms with Crippen LogP contribution < -0.4 is 5.73 Å². The van der Waals surface area contributed by atoms with Crippen molar-refractivity contribution in [3.63, 3.8) is 0 Å². The minimum Gasteiger partial charge on any atom is -0.393 e. The summed E-state index contributed by atoms with van der Waals surface area (Å²) >= 11 is 0. The summed E-state index contributed by atoms with van der Waals surface area (Å²) < 4.78 is 37.5. The zero-order valence-electron chi connectivity index (χ0n) is 9.37. The second-order valence-corrected chi connectivity index (χ2v) is 4.57. The van der Waals surface area contributed by atoms with E-state index in [0.29, 0.717) is 19.5 Å². The Morgan fingerprint density at radius 2 is 2.12 bits per heavy atom. The Morgan fingerprint density at radius 1 is 1.50 bits per heavy atom. The van der Waals surface area contributed by atoms with Gasteiger partial charge in [-0.05, 0) is 12.3 Å². The molecule has 0 saturated carbocycles. The van der Waals surface area contributed by atoms with E-state index in [2.05, 4.69) is 0 Å². The average Bonchev–Trinajstić information content (AvgIpc) is 2.18. The highest BCUT2D eigenvalue weighted by Crippen LogP contribution is 2.27. The van der Waals surface area contributed by atoms with Gasteiger partial charge < -0.3 is 15.7 Å². The van der Waals surface area contributed by atoms with Crippen LogP contribution in [0.2, 0.25) is 0 Å². The largest absolute Gasteiger partial charge is 0.394 e. The molecule has 1 fully saturated rings. The average molecular weight is 240 g/mol. The minimum absolute atomic E-state index is 0.0282. The number of nitrogens with two attached hydrogens (primary N) is 1. The second kappa shape index (κ2) is 5.33. The molecular weight excluding hydrogens is 221 g/mol. The zero-order valence-corrected chi connectivity index (χ0v) is 9.37. The number of alkyl halides is 3. The summed E-state index contributed by atoms with van der Waals surface area (Å²) in [5.41, 5.74) is 5.14. The Balaban J connectivity index is 2.47. The normalized spacial score (nSPS) is 30.4. The van der Waals surface area contributed by atoms with Gasteiger partial charge in [-0.3, -0.25) is 0 Å². The van der Waals surface area contributed by atoms with Crippen LogP contribution in [0.3, 0.4) is 0 Å². The number of aliphatic hydroxyl groups is 1. The smallest absolute Gasteiger partial charge is 0.393 e. The number of rotatable bonds is 3. The fourth-order valence-electron chi connectivity index (χ4n) is 2.01. The third kappa shape index (κ3) is 3.61. The molecule has 96 valence electrons. The zero-order chi connectivity index (χ0) is 12.3. The van der Waals surface area contributed by atoms with Gasteiger partial charge in [0.2, 0.25) is 0 Å². The van der Waals surface area contributed by atoms with E-state index < -0.39 is 18.2 Å². The standard InChI is InChI=1S/C10H19F3N2O/c1-7-5-15(3-2-9(7)16)6-8(4-14)10(11,12)13/h7-9,16H,2-6,14H2,1H3. The van der Waals surface area contributed by atoms with Gasteiger partial charge in [-0.15, -0.1) is 0 Å². The molecule has 6 heteroatoms. The van der Waals surface area contributed by atoms with Crippen molar-refractivity contribution in [3.8, 4) is 0 Å². The van der Waals surface area contributed by atoms with Crippen LogP contribution in [0.1, 0.15) is 13.3 Å². The Labute approximate surface area is 93.4 Å². The van der Waals surface area contributed by atoms with Crippen molar-refractivity contribution >= 4 is 0 Å². The van der Waals surface area contributed by atoms with Crippen molar-refractivity contribution in [2.45, 2.75) is 25.6 Å². The van der Waals surface area contributed by atoms with Crippen LogP contribution in [0, 0.1) is 11.8 Å². The minimum atomic E-state index is -4.23. The molecule has 1 heterocycles. The Morgan fingerprint density at radius 3 is 2.56 bits per heavy atom. The number of hydrogen-bond donors (Lipinski definition) is 2. The Kier molecular flexibility index (Phi) is 4.58. The molecule has 0 aromatic rings. The van der Waals surface area contributed by atoms with Crippen molar-refractivity contribution in [1.82, 2.24) is 4.90 Å². The van der Waals surface area contributed by atoms with Crippen molar-refractivity contribution in [1.29, 1.82) is 0 Å². The lowest BCUT2D eigenvalue weighted by Gasteiger charge is -2.36. The lowest BCUT2D eigenvalue weighted by atomic mass is 9.95. The van der Waals surface area contributed by atoms with Crippen LogP contribution >= 0.6 is 0 Å². The van der Waals surface area contributed by atoms with E-state index in [0.717, 1.165) is 0 Å². The predicted molar refractivity (Wildman–Crippen MR) is 54.8 cm³/mol. The molecule has 0 aliphatic carbocycles. The third-order valence-corrected chi connectivity index (χ3v) is 3.17. The van der Waals surface area contributed by atoms with E-state index in [4.69, 9.17) is 5.73 Å². The maximum absolute atomic E-state index is 12.5. The van der Waals surface area contributed by atoms with Gasteiger partial charge in [0.15, 0.2) is 0 Å². The number of piperidine rings is 1. The molecule has 3 nitrogen and oxygen atoms in total. The highest BCUT2D eigenvalue weighted by molar-refractivity contribution is 4.80. The van der Waals surface area contributed by atoms with E-state index in [1.54, 1.807) is 4.90 Å². The molecule has 3 N–H and O–H groups in total. The van der Waals surface area contributed by atoms with Gasteiger partial charge in [-0.1, -0.05) is 6.92 Å². The fourth-order valence-corrected chi connectivity index (χ4v) is 2.01. The summed E-state index contributed by atoms with van der Waals surface area (Å²) in [4.78, 5) is 1.74. The molecule has 0 bridgehead atoms. The number of halogens is 3. The molecule has 0 aromatic carbocycles. The van der Waals surface area contributed by atoms with Crippen molar-refractivity contribution in [2.24, 2.45) is 17.6 Å². The first-order valence-electron chi connectivity index (χ1n) is 5.51. The first-order valence-corrected chi connectivity index (χ1v) is 5.51. The van der Waals surface area contributed by atoms with E-state index in [-0.39, 0.29) is 19.0 Å². The first-order chi connectivity index (χ1) is 7.34. The van der Waals surface area contributed by atoms with Crippen LogP contribution in [0.25, 0.3) is 0 Å².